The van der Waals surface area contributed by atoms with E-state index in [-0.39, 0.29) is 0 Å². The van der Waals surface area contributed by atoms with Gasteiger partial charge in [0.1, 0.15) is 0 Å². The molecule has 0 saturated heterocycles. The first-order chi connectivity index (χ1) is 9.33. The lowest BCUT2D eigenvalue weighted by Gasteiger charge is -2.14. The van der Waals surface area contributed by atoms with Gasteiger partial charge in [-0.1, -0.05) is 37.3 Å². The van der Waals surface area contributed by atoms with E-state index in [1.165, 1.54) is 34.6 Å². The van der Waals surface area contributed by atoms with E-state index in [9.17, 15) is 0 Å². The fraction of sp³-hybridized carbons (Fsp3) is 0.412. The maximum Gasteiger partial charge on any atom is 0.0412 e. The van der Waals surface area contributed by atoms with Crippen LogP contribution in [0.4, 0.5) is 0 Å². The van der Waals surface area contributed by atoms with Crippen LogP contribution in [0.3, 0.4) is 0 Å². The van der Waals surface area contributed by atoms with Crippen LogP contribution in [0.2, 0.25) is 0 Å². The third-order valence-electron chi connectivity index (χ3n) is 3.52. The first kappa shape index (κ1) is 14.3. The molecule has 1 atom stereocenters. The van der Waals surface area contributed by atoms with Gasteiger partial charge >= 0.3 is 0 Å². The smallest absolute Gasteiger partial charge is 0.0412 e. The molecule has 0 radical (unpaired) electrons. The van der Waals surface area contributed by atoms with Gasteiger partial charge in [-0.25, -0.2) is 0 Å². The fourth-order valence-corrected chi connectivity index (χ4v) is 3.45. The zero-order valence-corrected chi connectivity index (χ0v) is 12.7. The lowest BCUT2D eigenvalue weighted by Crippen LogP contribution is -2.15. The van der Waals surface area contributed by atoms with Gasteiger partial charge in [0.05, 0.1) is 0 Å². The van der Waals surface area contributed by atoms with Crippen molar-refractivity contribution in [3.63, 3.8) is 0 Å². The number of hydrogen-bond donors (Lipinski definition) is 1. The molecular weight excluding hydrogens is 250 g/mol. The van der Waals surface area contributed by atoms with Crippen molar-refractivity contribution in [2.75, 3.05) is 7.05 Å². The van der Waals surface area contributed by atoms with Gasteiger partial charge < -0.3 is 5.32 Å². The lowest BCUT2D eigenvalue weighted by molar-refractivity contribution is 0.535. The van der Waals surface area contributed by atoms with Crippen LogP contribution in [0.1, 0.15) is 41.1 Å². The molecule has 0 saturated carbocycles. The molecule has 2 heteroatoms. The predicted molar refractivity (Wildman–Crippen MR) is 84.9 cm³/mol. The summed E-state index contributed by atoms with van der Waals surface area (Å²) in [5.41, 5.74) is 1.44. The molecular formula is C17H23NS. The molecule has 0 amide bonds. The number of benzene rings is 1. The van der Waals surface area contributed by atoms with E-state index >= 15 is 0 Å². The highest BCUT2D eigenvalue weighted by molar-refractivity contribution is 7.12. The Hall–Kier alpha value is -1.12. The van der Waals surface area contributed by atoms with Gasteiger partial charge in [-0.2, -0.15) is 0 Å². The van der Waals surface area contributed by atoms with Gasteiger partial charge in [0.2, 0.25) is 0 Å². The summed E-state index contributed by atoms with van der Waals surface area (Å²) in [5.74, 6) is 0. The summed E-state index contributed by atoms with van der Waals surface area (Å²) in [6, 6.07) is 15.8. The Morgan fingerprint density at radius 1 is 1.11 bits per heavy atom. The molecule has 102 valence electrons. The minimum Gasteiger partial charge on any atom is -0.312 e. The lowest BCUT2D eigenvalue weighted by atomic mass is 10.0. The van der Waals surface area contributed by atoms with E-state index in [2.05, 4.69) is 61.8 Å². The third-order valence-corrected chi connectivity index (χ3v) is 4.87. The maximum atomic E-state index is 3.45. The quantitative estimate of drug-likeness (QED) is 0.777. The second kappa shape index (κ2) is 7.46. The summed E-state index contributed by atoms with van der Waals surface area (Å²) in [7, 11) is 2.07. The van der Waals surface area contributed by atoms with Crippen LogP contribution in [-0.2, 0) is 12.8 Å². The standard InChI is InChI=1S/C17H23NS/c1-3-15-12-13-17(19-15)16(18-2)11-7-10-14-8-5-4-6-9-14/h4-6,8-9,12-13,16,18H,3,7,10-11H2,1-2H3. The molecule has 1 aromatic heterocycles. The molecule has 19 heavy (non-hydrogen) atoms. The van der Waals surface area contributed by atoms with Crippen molar-refractivity contribution in [2.24, 2.45) is 0 Å². The number of hydrogen-bond acceptors (Lipinski definition) is 2. The largest absolute Gasteiger partial charge is 0.312 e. The Morgan fingerprint density at radius 3 is 2.53 bits per heavy atom. The van der Waals surface area contributed by atoms with Crippen molar-refractivity contribution in [3.8, 4) is 0 Å². The summed E-state index contributed by atoms with van der Waals surface area (Å²) >= 11 is 1.95. The molecule has 1 aromatic carbocycles. The van der Waals surface area contributed by atoms with Crippen molar-refractivity contribution in [1.82, 2.24) is 5.32 Å². The van der Waals surface area contributed by atoms with Gasteiger partial charge in [0.15, 0.2) is 0 Å². The first-order valence-corrected chi connectivity index (χ1v) is 7.95. The van der Waals surface area contributed by atoms with E-state index in [0.717, 1.165) is 6.42 Å². The number of thiophene rings is 1. The summed E-state index contributed by atoms with van der Waals surface area (Å²) in [6.45, 7) is 2.22. The molecule has 0 bridgehead atoms. The van der Waals surface area contributed by atoms with Crippen LogP contribution in [0, 0.1) is 0 Å². The van der Waals surface area contributed by atoms with Crippen LogP contribution < -0.4 is 5.32 Å². The topological polar surface area (TPSA) is 12.0 Å². The number of nitrogens with one attached hydrogen (secondary N) is 1. The minimum absolute atomic E-state index is 0.508. The maximum absolute atomic E-state index is 3.45. The Balaban J connectivity index is 1.86. The van der Waals surface area contributed by atoms with Gasteiger partial charge in [0.25, 0.3) is 0 Å². The van der Waals surface area contributed by atoms with Gasteiger partial charge in [0, 0.05) is 15.8 Å². The van der Waals surface area contributed by atoms with E-state index in [1.54, 1.807) is 0 Å². The molecule has 2 aromatic rings. The van der Waals surface area contributed by atoms with Gasteiger partial charge in [-0.05, 0) is 50.4 Å². The highest BCUT2D eigenvalue weighted by Gasteiger charge is 2.11. The predicted octanol–water partition coefficient (Wildman–Crippen LogP) is 4.59. The molecule has 1 unspecified atom stereocenters. The van der Waals surface area contributed by atoms with E-state index in [0.29, 0.717) is 6.04 Å². The Bertz CT molecular complexity index is 475. The monoisotopic (exact) mass is 273 g/mol. The van der Waals surface area contributed by atoms with Gasteiger partial charge in [-0.3, -0.25) is 0 Å². The minimum atomic E-state index is 0.508. The van der Waals surface area contributed by atoms with Crippen molar-refractivity contribution in [1.29, 1.82) is 0 Å². The highest BCUT2D eigenvalue weighted by Crippen LogP contribution is 2.27. The molecule has 0 aliphatic rings. The van der Waals surface area contributed by atoms with Crippen LogP contribution in [0.15, 0.2) is 42.5 Å². The molecule has 0 spiro atoms. The van der Waals surface area contributed by atoms with E-state index < -0.39 is 0 Å². The second-order valence-electron chi connectivity index (χ2n) is 4.88. The van der Waals surface area contributed by atoms with Crippen molar-refractivity contribution in [2.45, 2.75) is 38.6 Å². The molecule has 0 aliphatic heterocycles. The van der Waals surface area contributed by atoms with Crippen LogP contribution in [-0.4, -0.2) is 7.05 Å². The first-order valence-electron chi connectivity index (χ1n) is 7.13. The Kier molecular flexibility index (Phi) is 5.62. The molecule has 1 N–H and O–H groups in total. The summed E-state index contributed by atoms with van der Waals surface area (Å²) in [6.07, 6.45) is 4.75. The third kappa shape index (κ3) is 4.19. The molecule has 1 heterocycles. The molecule has 1 nitrogen and oxygen atoms in total. The van der Waals surface area contributed by atoms with E-state index in [1.807, 2.05) is 11.3 Å². The average Bonchev–Trinajstić information content (AvgIpc) is 2.93. The van der Waals surface area contributed by atoms with Crippen molar-refractivity contribution < 1.29 is 0 Å². The Morgan fingerprint density at radius 2 is 1.89 bits per heavy atom. The zero-order chi connectivity index (χ0) is 13.5. The highest BCUT2D eigenvalue weighted by atomic mass is 32.1. The second-order valence-corrected chi connectivity index (χ2v) is 6.08. The summed E-state index contributed by atoms with van der Waals surface area (Å²) in [5, 5.41) is 3.45. The average molecular weight is 273 g/mol. The summed E-state index contributed by atoms with van der Waals surface area (Å²) < 4.78 is 0. The van der Waals surface area contributed by atoms with Crippen molar-refractivity contribution in [3.05, 3.63) is 57.8 Å². The molecule has 0 aliphatic carbocycles. The van der Waals surface area contributed by atoms with E-state index in [4.69, 9.17) is 0 Å². The van der Waals surface area contributed by atoms with Crippen molar-refractivity contribution >= 4 is 11.3 Å². The molecule has 0 fully saturated rings. The number of rotatable bonds is 7. The van der Waals surface area contributed by atoms with Crippen LogP contribution in [0.25, 0.3) is 0 Å². The van der Waals surface area contributed by atoms with Gasteiger partial charge in [-0.15, -0.1) is 11.3 Å². The SMILES string of the molecule is CCc1ccc(C(CCCc2ccccc2)NC)s1. The normalized spacial score (nSPS) is 12.5. The number of aryl methyl sites for hydroxylation is 2. The van der Waals surface area contributed by atoms with Crippen LogP contribution >= 0.6 is 11.3 Å². The fourth-order valence-electron chi connectivity index (χ4n) is 2.36. The molecule has 2 rings (SSSR count). The zero-order valence-electron chi connectivity index (χ0n) is 11.9. The van der Waals surface area contributed by atoms with Crippen LogP contribution in [0.5, 0.6) is 0 Å². The Labute approximate surface area is 120 Å². The summed E-state index contributed by atoms with van der Waals surface area (Å²) in [4.78, 5) is 2.96.